The highest BCUT2D eigenvalue weighted by Gasteiger charge is 2.29. The lowest BCUT2D eigenvalue weighted by molar-refractivity contribution is 0.0963. The van der Waals surface area contributed by atoms with Gasteiger partial charge in [0.15, 0.2) is 5.78 Å². The highest BCUT2D eigenvalue weighted by molar-refractivity contribution is 6.06. The number of carbonyl (C=O) groups excluding carboxylic acids is 2. The maximum atomic E-state index is 12.8. The van der Waals surface area contributed by atoms with Crippen molar-refractivity contribution in [2.45, 2.75) is 32.6 Å². The number of aryl methyl sites for hydroxylation is 2. The van der Waals surface area contributed by atoms with Crippen molar-refractivity contribution in [2.24, 2.45) is 0 Å². The number of nitrogens with one attached hydrogen (secondary N) is 2. The molecule has 0 aliphatic heterocycles. The number of fused-ring (bicyclic) bond motifs is 1. The molecule has 158 valence electrons. The van der Waals surface area contributed by atoms with Gasteiger partial charge in [-0.1, -0.05) is 18.2 Å². The van der Waals surface area contributed by atoms with Crippen LogP contribution in [0, 0.1) is 13.8 Å². The number of ketones is 1. The molecule has 3 aromatic rings. The first-order chi connectivity index (χ1) is 14.9. The van der Waals surface area contributed by atoms with Gasteiger partial charge in [0.05, 0.1) is 7.11 Å². The molecule has 2 aromatic carbocycles. The van der Waals surface area contributed by atoms with E-state index in [1.807, 2.05) is 50.2 Å². The second-order valence-corrected chi connectivity index (χ2v) is 7.96. The van der Waals surface area contributed by atoms with Crippen molar-refractivity contribution >= 4 is 17.4 Å². The molecule has 1 amide bonds. The van der Waals surface area contributed by atoms with E-state index in [1.165, 1.54) is 6.07 Å². The molecule has 1 heterocycles. The van der Waals surface area contributed by atoms with Crippen LogP contribution in [0.25, 0.3) is 0 Å². The minimum absolute atomic E-state index is 0.0308. The van der Waals surface area contributed by atoms with Crippen molar-refractivity contribution < 1.29 is 14.3 Å². The normalized spacial score (nSPS) is 15.3. The Bertz CT molecular complexity index is 1230. The SMILES string of the molecule is COc1ccc(C2CC(=O)c3cc(C(=O)Nc4ccc(C)c(C)c4)c(=O)[nH]c3C2)cc1. The van der Waals surface area contributed by atoms with Gasteiger partial charge in [-0.25, -0.2) is 0 Å². The lowest BCUT2D eigenvalue weighted by atomic mass is 9.81. The van der Waals surface area contributed by atoms with Crippen molar-refractivity contribution in [3.05, 3.63) is 92.4 Å². The van der Waals surface area contributed by atoms with E-state index in [2.05, 4.69) is 10.3 Å². The fraction of sp³-hybridized carbons (Fsp3) is 0.240. The van der Waals surface area contributed by atoms with Gasteiger partial charge in [-0.2, -0.15) is 0 Å². The third-order valence-electron chi connectivity index (χ3n) is 5.90. The third kappa shape index (κ3) is 4.14. The molecule has 1 aliphatic carbocycles. The Morgan fingerprint density at radius 3 is 2.42 bits per heavy atom. The summed E-state index contributed by atoms with van der Waals surface area (Å²) in [6, 6.07) is 14.6. The summed E-state index contributed by atoms with van der Waals surface area (Å²) < 4.78 is 5.19. The molecule has 1 atom stereocenters. The van der Waals surface area contributed by atoms with E-state index in [4.69, 9.17) is 4.74 Å². The number of methoxy groups -OCH3 is 1. The summed E-state index contributed by atoms with van der Waals surface area (Å²) in [6.45, 7) is 3.94. The zero-order valence-corrected chi connectivity index (χ0v) is 17.7. The molecule has 31 heavy (non-hydrogen) atoms. The minimum atomic E-state index is -0.530. The summed E-state index contributed by atoms with van der Waals surface area (Å²) in [5.74, 6) is 0.104. The predicted octanol–water partition coefficient (Wildman–Crippen LogP) is 4.17. The third-order valence-corrected chi connectivity index (χ3v) is 5.90. The molecule has 1 unspecified atom stereocenters. The monoisotopic (exact) mass is 416 g/mol. The van der Waals surface area contributed by atoms with Gasteiger partial charge in [0.2, 0.25) is 0 Å². The van der Waals surface area contributed by atoms with Gasteiger partial charge in [0, 0.05) is 23.4 Å². The fourth-order valence-corrected chi connectivity index (χ4v) is 3.93. The van der Waals surface area contributed by atoms with Crippen LogP contribution in [0.1, 0.15) is 55.4 Å². The number of hydrogen-bond acceptors (Lipinski definition) is 4. The first-order valence-corrected chi connectivity index (χ1v) is 10.2. The minimum Gasteiger partial charge on any atom is -0.497 e. The number of benzene rings is 2. The second kappa shape index (κ2) is 8.22. The maximum absolute atomic E-state index is 12.8. The van der Waals surface area contributed by atoms with Gasteiger partial charge in [-0.3, -0.25) is 14.4 Å². The smallest absolute Gasteiger partial charge is 0.261 e. The average molecular weight is 416 g/mol. The standard InChI is InChI=1S/C25H24N2O4/c1-14-4-7-18(10-15(14)2)26-24(29)21-13-20-22(27-25(21)30)11-17(12-23(20)28)16-5-8-19(31-3)9-6-16/h4-10,13,17H,11-12H2,1-3H3,(H,26,29)(H,27,30). The van der Waals surface area contributed by atoms with E-state index in [1.54, 1.807) is 13.2 Å². The number of pyridine rings is 1. The Kier molecular flexibility index (Phi) is 5.46. The number of anilines is 1. The maximum Gasteiger partial charge on any atom is 0.261 e. The van der Waals surface area contributed by atoms with Gasteiger partial charge in [-0.05, 0) is 73.2 Å². The van der Waals surface area contributed by atoms with Gasteiger partial charge in [0.1, 0.15) is 11.3 Å². The van der Waals surface area contributed by atoms with Crippen molar-refractivity contribution in [1.29, 1.82) is 0 Å². The fourth-order valence-electron chi connectivity index (χ4n) is 3.93. The van der Waals surface area contributed by atoms with Gasteiger partial charge >= 0.3 is 0 Å². The van der Waals surface area contributed by atoms with E-state index in [0.29, 0.717) is 29.8 Å². The first kappa shape index (κ1) is 20.6. The largest absolute Gasteiger partial charge is 0.497 e. The van der Waals surface area contributed by atoms with Crippen molar-refractivity contribution in [2.75, 3.05) is 12.4 Å². The molecule has 4 rings (SSSR count). The molecule has 0 spiro atoms. The average Bonchev–Trinajstić information content (AvgIpc) is 2.75. The quantitative estimate of drug-likeness (QED) is 0.668. The summed E-state index contributed by atoms with van der Waals surface area (Å²) in [5, 5.41) is 2.75. The molecule has 0 saturated carbocycles. The number of Topliss-reactive ketones (excluding diaryl/α,β-unsaturated/α-hetero) is 1. The number of rotatable bonds is 4. The molecular formula is C25H24N2O4. The van der Waals surface area contributed by atoms with Crippen LogP contribution in [-0.2, 0) is 6.42 Å². The van der Waals surface area contributed by atoms with Crippen LogP contribution in [0.15, 0.2) is 53.3 Å². The van der Waals surface area contributed by atoms with Gasteiger partial charge in [0.25, 0.3) is 11.5 Å². The lowest BCUT2D eigenvalue weighted by Gasteiger charge is -2.24. The zero-order chi connectivity index (χ0) is 22.1. The molecule has 1 aromatic heterocycles. The number of ether oxygens (including phenoxy) is 1. The van der Waals surface area contributed by atoms with Crippen LogP contribution in [-0.4, -0.2) is 23.8 Å². The van der Waals surface area contributed by atoms with E-state index < -0.39 is 11.5 Å². The molecular weight excluding hydrogens is 392 g/mol. The Balaban J connectivity index is 1.59. The van der Waals surface area contributed by atoms with Crippen LogP contribution < -0.4 is 15.6 Å². The van der Waals surface area contributed by atoms with Crippen LogP contribution >= 0.6 is 0 Å². The number of aromatic nitrogens is 1. The van der Waals surface area contributed by atoms with Crippen LogP contribution in [0.5, 0.6) is 5.75 Å². The second-order valence-electron chi connectivity index (χ2n) is 7.96. The molecule has 0 bridgehead atoms. The summed E-state index contributed by atoms with van der Waals surface area (Å²) in [4.78, 5) is 41.0. The molecule has 1 aliphatic rings. The summed E-state index contributed by atoms with van der Waals surface area (Å²) in [5.41, 5.74) is 4.20. The van der Waals surface area contributed by atoms with E-state index >= 15 is 0 Å². The molecule has 6 nitrogen and oxygen atoms in total. The highest BCUT2D eigenvalue weighted by Crippen LogP contribution is 2.32. The zero-order valence-electron chi connectivity index (χ0n) is 17.7. The van der Waals surface area contributed by atoms with Crippen molar-refractivity contribution in [3.63, 3.8) is 0 Å². The van der Waals surface area contributed by atoms with Crippen molar-refractivity contribution in [3.8, 4) is 5.75 Å². The van der Waals surface area contributed by atoms with Crippen molar-refractivity contribution in [1.82, 2.24) is 4.98 Å². The Morgan fingerprint density at radius 2 is 1.74 bits per heavy atom. The highest BCUT2D eigenvalue weighted by atomic mass is 16.5. The Morgan fingerprint density at radius 1 is 1.00 bits per heavy atom. The van der Waals surface area contributed by atoms with E-state index in [9.17, 15) is 14.4 Å². The Labute approximate surface area is 180 Å². The molecule has 6 heteroatoms. The summed E-state index contributed by atoms with van der Waals surface area (Å²) in [6.07, 6.45) is 0.852. The number of carbonyl (C=O) groups is 2. The molecule has 2 N–H and O–H groups in total. The van der Waals surface area contributed by atoms with E-state index in [0.717, 1.165) is 22.4 Å². The van der Waals surface area contributed by atoms with Crippen LogP contribution in [0.3, 0.4) is 0 Å². The number of hydrogen-bond donors (Lipinski definition) is 2. The molecule has 0 saturated heterocycles. The van der Waals surface area contributed by atoms with Gasteiger partial charge < -0.3 is 15.0 Å². The van der Waals surface area contributed by atoms with E-state index in [-0.39, 0.29) is 17.3 Å². The Hall–Kier alpha value is -3.67. The molecule has 0 fully saturated rings. The van der Waals surface area contributed by atoms with Crippen LogP contribution in [0.4, 0.5) is 5.69 Å². The number of H-pyrrole nitrogens is 1. The van der Waals surface area contributed by atoms with Crippen LogP contribution in [0.2, 0.25) is 0 Å². The summed E-state index contributed by atoms with van der Waals surface area (Å²) in [7, 11) is 1.61. The number of aromatic amines is 1. The predicted molar refractivity (Wildman–Crippen MR) is 119 cm³/mol. The first-order valence-electron chi connectivity index (χ1n) is 10.2. The summed E-state index contributed by atoms with van der Waals surface area (Å²) >= 11 is 0. The topological polar surface area (TPSA) is 88.3 Å². The number of amides is 1. The lowest BCUT2D eigenvalue weighted by Crippen LogP contribution is -2.29. The molecule has 0 radical (unpaired) electrons. The van der Waals surface area contributed by atoms with Gasteiger partial charge in [-0.15, -0.1) is 0 Å².